The van der Waals surface area contributed by atoms with E-state index in [1.165, 1.54) is 5.56 Å². The first-order valence-electron chi connectivity index (χ1n) is 9.46. The van der Waals surface area contributed by atoms with Crippen LogP contribution in [-0.4, -0.2) is 30.9 Å². The van der Waals surface area contributed by atoms with Crippen LogP contribution in [0.25, 0.3) is 0 Å². The van der Waals surface area contributed by atoms with Gasteiger partial charge in [0, 0.05) is 13.0 Å². The first-order chi connectivity index (χ1) is 13.6. The van der Waals surface area contributed by atoms with Crippen LogP contribution in [0.2, 0.25) is 0 Å². The fourth-order valence-electron chi connectivity index (χ4n) is 2.65. The Hall–Kier alpha value is -3.15. The van der Waals surface area contributed by atoms with Gasteiger partial charge in [-0.3, -0.25) is 14.4 Å². The highest BCUT2D eigenvalue weighted by Gasteiger charge is 2.13. The van der Waals surface area contributed by atoms with E-state index in [0.717, 1.165) is 12.8 Å². The molecule has 2 aromatic carbocycles. The van der Waals surface area contributed by atoms with Crippen LogP contribution in [-0.2, 0) is 20.7 Å². The zero-order valence-electron chi connectivity index (χ0n) is 16.1. The fraction of sp³-hybridized carbons (Fsp3) is 0.318. The van der Waals surface area contributed by atoms with E-state index in [1.807, 2.05) is 37.3 Å². The second kappa shape index (κ2) is 11.5. The van der Waals surface area contributed by atoms with Gasteiger partial charge in [0.1, 0.15) is 0 Å². The number of ether oxygens (including phenoxy) is 1. The van der Waals surface area contributed by atoms with E-state index in [-0.39, 0.29) is 24.7 Å². The molecule has 2 rings (SSSR count). The van der Waals surface area contributed by atoms with Gasteiger partial charge in [0.05, 0.1) is 24.3 Å². The second-order valence-corrected chi connectivity index (χ2v) is 6.26. The van der Waals surface area contributed by atoms with Crippen molar-refractivity contribution in [2.45, 2.75) is 32.6 Å². The van der Waals surface area contributed by atoms with Crippen molar-refractivity contribution in [2.75, 3.05) is 18.5 Å². The number of benzene rings is 2. The van der Waals surface area contributed by atoms with E-state index in [2.05, 4.69) is 10.6 Å². The lowest BCUT2D eigenvalue weighted by atomic mass is 10.1. The van der Waals surface area contributed by atoms with Crippen molar-refractivity contribution < 1.29 is 19.1 Å². The van der Waals surface area contributed by atoms with Crippen molar-refractivity contribution in [3.05, 3.63) is 65.7 Å². The van der Waals surface area contributed by atoms with E-state index in [1.54, 1.807) is 24.3 Å². The molecule has 0 aliphatic carbocycles. The molecule has 2 N–H and O–H groups in total. The SMILES string of the molecule is CCNC(=O)c1ccccc1NC(=O)CCC(=O)OCCCc1ccccc1. The van der Waals surface area contributed by atoms with Crippen LogP contribution < -0.4 is 10.6 Å². The van der Waals surface area contributed by atoms with Crippen molar-refractivity contribution >= 4 is 23.5 Å². The minimum Gasteiger partial charge on any atom is -0.466 e. The van der Waals surface area contributed by atoms with Crippen molar-refractivity contribution in [2.24, 2.45) is 0 Å². The van der Waals surface area contributed by atoms with Crippen LogP contribution in [0.5, 0.6) is 0 Å². The Kier molecular flexibility index (Phi) is 8.72. The van der Waals surface area contributed by atoms with Crippen LogP contribution >= 0.6 is 0 Å². The summed E-state index contributed by atoms with van der Waals surface area (Å²) in [6.45, 7) is 2.65. The molecule has 0 radical (unpaired) electrons. The van der Waals surface area contributed by atoms with Crippen molar-refractivity contribution in [1.29, 1.82) is 0 Å². The van der Waals surface area contributed by atoms with Crippen LogP contribution in [0, 0.1) is 0 Å². The first-order valence-corrected chi connectivity index (χ1v) is 9.46. The molecule has 0 aromatic heterocycles. The number of aryl methyl sites for hydroxylation is 1. The number of anilines is 1. The molecule has 2 aromatic rings. The topological polar surface area (TPSA) is 84.5 Å². The lowest BCUT2D eigenvalue weighted by molar-refractivity contribution is -0.144. The Morgan fingerprint density at radius 1 is 0.929 bits per heavy atom. The molecule has 2 amide bonds. The maximum absolute atomic E-state index is 12.1. The fourth-order valence-corrected chi connectivity index (χ4v) is 2.65. The van der Waals surface area contributed by atoms with Gasteiger partial charge in [-0.1, -0.05) is 42.5 Å². The van der Waals surface area contributed by atoms with Crippen molar-refractivity contribution in [3.63, 3.8) is 0 Å². The molecule has 6 nitrogen and oxygen atoms in total. The van der Waals surface area contributed by atoms with Crippen LogP contribution in [0.1, 0.15) is 42.1 Å². The number of para-hydroxylation sites is 1. The Balaban J connectivity index is 1.71. The Morgan fingerprint density at radius 2 is 1.64 bits per heavy atom. The van der Waals surface area contributed by atoms with Gasteiger partial charge in [-0.25, -0.2) is 0 Å². The zero-order chi connectivity index (χ0) is 20.2. The molecule has 0 unspecified atom stereocenters. The maximum atomic E-state index is 12.1. The molecule has 0 saturated heterocycles. The van der Waals surface area contributed by atoms with E-state index in [9.17, 15) is 14.4 Å². The van der Waals surface area contributed by atoms with Gasteiger partial charge in [0.25, 0.3) is 5.91 Å². The molecule has 0 aliphatic heterocycles. The third-order valence-corrected chi connectivity index (χ3v) is 4.05. The summed E-state index contributed by atoms with van der Waals surface area (Å²) in [5, 5.41) is 5.39. The number of nitrogens with one attached hydrogen (secondary N) is 2. The van der Waals surface area contributed by atoms with Gasteiger partial charge in [0.2, 0.25) is 5.91 Å². The van der Waals surface area contributed by atoms with Gasteiger partial charge in [0.15, 0.2) is 0 Å². The lowest BCUT2D eigenvalue weighted by Gasteiger charge is -2.10. The van der Waals surface area contributed by atoms with Crippen LogP contribution in [0.15, 0.2) is 54.6 Å². The highest BCUT2D eigenvalue weighted by atomic mass is 16.5. The summed E-state index contributed by atoms with van der Waals surface area (Å²) in [4.78, 5) is 35.9. The van der Waals surface area contributed by atoms with E-state index in [0.29, 0.717) is 24.4 Å². The number of rotatable bonds is 10. The summed E-state index contributed by atoms with van der Waals surface area (Å²) in [5.74, 6) is -0.991. The number of carbonyl (C=O) groups excluding carboxylic acids is 3. The van der Waals surface area contributed by atoms with Gasteiger partial charge in [-0.05, 0) is 37.5 Å². The third-order valence-electron chi connectivity index (χ3n) is 4.05. The Labute approximate surface area is 165 Å². The zero-order valence-corrected chi connectivity index (χ0v) is 16.1. The van der Waals surface area contributed by atoms with Crippen molar-refractivity contribution in [1.82, 2.24) is 5.32 Å². The molecule has 0 aliphatic rings. The van der Waals surface area contributed by atoms with E-state index < -0.39 is 5.97 Å². The average molecular weight is 382 g/mol. The summed E-state index contributed by atoms with van der Waals surface area (Å²) in [7, 11) is 0. The summed E-state index contributed by atoms with van der Waals surface area (Å²) in [5.41, 5.74) is 2.01. The molecular weight excluding hydrogens is 356 g/mol. The van der Waals surface area contributed by atoms with Gasteiger partial charge < -0.3 is 15.4 Å². The summed E-state index contributed by atoms with van der Waals surface area (Å²) in [6, 6.07) is 16.7. The number of amides is 2. The summed E-state index contributed by atoms with van der Waals surface area (Å²) < 4.78 is 5.18. The smallest absolute Gasteiger partial charge is 0.306 e. The van der Waals surface area contributed by atoms with Gasteiger partial charge in [-0.2, -0.15) is 0 Å². The van der Waals surface area contributed by atoms with Crippen LogP contribution in [0.3, 0.4) is 0 Å². The third kappa shape index (κ3) is 7.23. The molecule has 0 fully saturated rings. The molecular formula is C22H26N2O4. The highest BCUT2D eigenvalue weighted by molar-refractivity contribution is 6.04. The van der Waals surface area contributed by atoms with Crippen molar-refractivity contribution in [3.8, 4) is 0 Å². The molecule has 0 bridgehead atoms. The molecule has 0 spiro atoms. The molecule has 0 heterocycles. The van der Waals surface area contributed by atoms with E-state index in [4.69, 9.17) is 4.74 Å². The first kappa shape index (κ1) is 21.2. The average Bonchev–Trinajstić information content (AvgIpc) is 2.71. The number of carbonyl (C=O) groups is 3. The molecule has 148 valence electrons. The lowest BCUT2D eigenvalue weighted by Crippen LogP contribution is -2.25. The maximum Gasteiger partial charge on any atom is 0.306 e. The summed E-state index contributed by atoms with van der Waals surface area (Å²) >= 11 is 0. The standard InChI is InChI=1S/C22H26N2O4/c1-2-23-22(27)18-12-6-7-13-19(18)24-20(25)14-15-21(26)28-16-8-11-17-9-4-3-5-10-17/h3-7,9-10,12-13H,2,8,11,14-16H2,1H3,(H,23,27)(H,24,25). The normalized spacial score (nSPS) is 10.2. The predicted molar refractivity (Wildman–Crippen MR) is 108 cm³/mol. The molecule has 0 atom stereocenters. The van der Waals surface area contributed by atoms with Gasteiger partial charge in [-0.15, -0.1) is 0 Å². The largest absolute Gasteiger partial charge is 0.466 e. The Morgan fingerprint density at radius 3 is 2.39 bits per heavy atom. The van der Waals surface area contributed by atoms with E-state index >= 15 is 0 Å². The number of esters is 1. The number of hydrogen-bond acceptors (Lipinski definition) is 4. The number of hydrogen-bond donors (Lipinski definition) is 2. The minimum atomic E-state index is -0.403. The second-order valence-electron chi connectivity index (χ2n) is 6.26. The van der Waals surface area contributed by atoms with Gasteiger partial charge >= 0.3 is 5.97 Å². The quantitative estimate of drug-likeness (QED) is 0.488. The Bertz CT molecular complexity index is 790. The van der Waals surface area contributed by atoms with Crippen LogP contribution in [0.4, 0.5) is 5.69 Å². The molecule has 6 heteroatoms. The molecule has 0 saturated carbocycles. The minimum absolute atomic E-state index is 0.000490. The summed E-state index contributed by atoms with van der Waals surface area (Å²) in [6.07, 6.45) is 1.58. The molecule has 28 heavy (non-hydrogen) atoms. The predicted octanol–water partition coefficient (Wildman–Crippen LogP) is 3.33. The monoisotopic (exact) mass is 382 g/mol. The highest BCUT2D eigenvalue weighted by Crippen LogP contribution is 2.15.